The third-order valence-electron chi connectivity index (χ3n) is 5.14. The number of ether oxygens (including phenoxy) is 1. The number of hydrogen-bond donors (Lipinski definition) is 0. The Morgan fingerprint density at radius 1 is 1.12 bits per heavy atom. The van der Waals surface area contributed by atoms with Crippen LogP contribution in [0, 0.1) is 0 Å². The van der Waals surface area contributed by atoms with Gasteiger partial charge >= 0.3 is 6.09 Å². The zero-order chi connectivity index (χ0) is 28.5. The third kappa shape index (κ3) is 4.48. The van der Waals surface area contributed by atoms with Gasteiger partial charge in [0.2, 0.25) is 0 Å². The molecule has 0 N–H and O–H groups in total. The molecule has 0 fully saturated rings. The van der Waals surface area contributed by atoms with E-state index in [1.165, 1.54) is 36.7 Å². The van der Waals surface area contributed by atoms with Crippen molar-refractivity contribution in [3.05, 3.63) is 87.8 Å². The van der Waals surface area contributed by atoms with E-state index in [0.717, 1.165) is 0 Å². The molecule has 8 heteroatoms. The molecule has 1 atom stereocenters. The van der Waals surface area contributed by atoms with Crippen LogP contribution in [0.25, 0.3) is 16.8 Å². The number of amides is 1. The molecule has 1 aliphatic heterocycles. The number of hydrogen-bond acceptors (Lipinski definition) is 4. The van der Waals surface area contributed by atoms with Crippen LogP contribution in [0.1, 0.15) is 50.2 Å². The number of benzene rings is 2. The van der Waals surface area contributed by atoms with Crippen molar-refractivity contribution in [1.29, 1.82) is 0 Å². The highest BCUT2D eigenvalue weighted by Crippen LogP contribution is 2.38. The Balaban J connectivity index is 1.79. The Labute approximate surface area is 215 Å². The number of halogens is 2. The normalized spacial score (nSPS) is 23.2. The molecule has 6 nitrogen and oxygen atoms in total. The second-order valence-electron chi connectivity index (χ2n) is 8.78. The largest absolute Gasteiger partial charge is 0.444 e. The van der Waals surface area contributed by atoms with Crippen molar-refractivity contribution in [1.82, 2.24) is 19.5 Å². The fraction of sp³-hybridized carbons (Fsp3) is 0.269. The van der Waals surface area contributed by atoms with Crippen molar-refractivity contribution < 1.29 is 16.4 Å². The van der Waals surface area contributed by atoms with Gasteiger partial charge in [0.25, 0.3) is 0 Å². The zero-order valence-electron chi connectivity index (χ0n) is 23.6. The second kappa shape index (κ2) is 8.60. The van der Waals surface area contributed by atoms with Gasteiger partial charge in [0.05, 0.1) is 15.5 Å². The van der Waals surface area contributed by atoms with Crippen molar-refractivity contribution in [3.8, 4) is 11.1 Å². The first-order valence-electron chi connectivity index (χ1n) is 13.0. The molecular weight excluding hydrogens is 471 g/mol. The van der Waals surface area contributed by atoms with E-state index in [1.807, 2.05) is 0 Å². The first kappa shape index (κ1) is 17.4. The molecule has 34 heavy (non-hydrogen) atoms. The van der Waals surface area contributed by atoms with Gasteiger partial charge in [0, 0.05) is 32.0 Å². The smallest absolute Gasteiger partial charge is 0.410 e. The van der Waals surface area contributed by atoms with E-state index in [-0.39, 0.29) is 26.7 Å². The predicted molar refractivity (Wildman–Crippen MR) is 133 cm³/mol. The van der Waals surface area contributed by atoms with Crippen LogP contribution >= 0.6 is 23.2 Å². The van der Waals surface area contributed by atoms with Gasteiger partial charge in [0.15, 0.2) is 5.65 Å². The van der Waals surface area contributed by atoms with Gasteiger partial charge in [-0.3, -0.25) is 0 Å². The number of rotatable bonds is 2. The maximum absolute atomic E-state index is 13.4. The van der Waals surface area contributed by atoms with Crippen LogP contribution in [0.5, 0.6) is 0 Å². The van der Waals surface area contributed by atoms with Crippen molar-refractivity contribution in [3.63, 3.8) is 0 Å². The molecular formula is C26H24Cl2N4O2. The quantitative estimate of drug-likeness (QED) is 0.312. The molecule has 1 unspecified atom stereocenters. The third-order valence-corrected chi connectivity index (χ3v) is 5.88. The summed E-state index contributed by atoms with van der Waals surface area (Å²) >= 11 is 12.4. The topological polar surface area (TPSA) is 59.7 Å². The lowest BCUT2D eigenvalue weighted by atomic mass is 9.83. The van der Waals surface area contributed by atoms with Gasteiger partial charge in [-0.05, 0) is 73.4 Å². The summed E-state index contributed by atoms with van der Waals surface area (Å²) in [6.07, 6.45) is 1.89. The molecule has 5 rings (SSSR count). The highest BCUT2D eigenvalue weighted by atomic mass is 35.5. The molecule has 0 bridgehead atoms. The molecule has 1 amide bonds. The molecule has 0 saturated carbocycles. The Morgan fingerprint density at radius 2 is 1.91 bits per heavy atom. The monoisotopic (exact) mass is 499 g/mol. The summed E-state index contributed by atoms with van der Waals surface area (Å²) in [5.41, 5.74) is 0.867. The minimum absolute atomic E-state index is 0.0290. The van der Waals surface area contributed by atoms with E-state index >= 15 is 0 Å². The highest BCUT2D eigenvalue weighted by Gasteiger charge is 2.32. The number of pyridine rings is 1. The van der Waals surface area contributed by atoms with Gasteiger partial charge < -0.3 is 9.64 Å². The minimum atomic E-state index is -2.93. The van der Waals surface area contributed by atoms with Crippen LogP contribution in [0.3, 0.4) is 0 Å². The summed E-state index contributed by atoms with van der Waals surface area (Å²) in [6.45, 7) is -0.836. The molecule has 0 saturated heterocycles. The summed E-state index contributed by atoms with van der Waals surface area (Å²) in [5, 5.41) is 4.44. The Hall–Kier alpha value is -3.09. The van der Waals surface area contributed by atoms with Crippen molar-refractivity contribution >= 4 is 34.9 Å². The summed E-state index contributed by atoms with van der Waals surface area (Å²) in [6, 6.07) is 12.5. The van der Waals surface area contributed by atoms with Crippen molar-refractivity contribution in [2.24, 2.45) is 0 Å². The zero-order valence-corrected chi connectivity index (χ0v) is 20.1. The van der Waals surface area contributed by atoms with Crippen LogP contribution in [-0.2, 0) is 11.2 Å². The summed E-state index contributed by atoms with van der Waals surface area (Å²) in [7, 11) is 0. The van der Waals surface area contributed by atoms with E-state index in [2.05, 4.69) is 10.1 Å². The molecule has 0 radical (unpaired) electrons. The molecule has 4 aromatic rings. The number of aromatic nitrogens is 3. The van der Waals surface area contributed by atoms with Crippen LogP contribution in [0.2, 0.25) is 10.0 Å². The maximum Gasteiger partial charge on any atom is 0.410 e. The predicted octanol–water partition coefficient (Wildman–Crippen LogP) is 6.59. The van der Waals surface area contributed by atoms with Gasteiger partial charge in [0.1, 0.15) is 11.9 Å². The second-order valence-corrected chi connectivity index (χ2v) is 9.60. The van der Waals surface area contributed by atoms with Crippen LogP contribution < -0.4 is 0 Å². The number of carbonyl (C=O) groups excluding carboxylic acids is 1. The van der Waals surface area contributed by atoms with E-state index in [1.54, 1.807) is 49.7 Å². The standard InChI is InChI=1S/C26H24Cl2N4O2/c1-26(2,3)34-25(33)31-12-19-10-16(18-6-9-24-29-15-30-32(24)13-18)4-7-20(19)21(14-31)17-5-8-22(27)23(28)11-17/h4-11,13,15,21H,12,14H2,1-3H3/i12D2,14D2,21D. The number of carbonyl (C=O) groups is 1. The first-order chi connectivity index (χ1) is 18.1. The van der Waals surface area contributed by atoms with Gasteiger partial charge in [-0.1, -0.05) is 41.4 Å². The molecule has 174 valence electrons. The highest BCUT2D eigenvalue weighted by molar-refractivity contribution is 6.42. The van der Waals surface area contributed by atoms with Gasteiger partial charge in [-0.2, -0.15) is 5.10 Å². The van der Waals surface area contributed by atoms with Gasteiger partial charge in [-0.25, -0.2) is 14.3 Å². The molecule has 3 heterocycles. The Kier molecular flexibility index (Phi) is 4.39. The van der Waals surface area contributed by atoms with Crippen LogP contribution in [0.4, 0.5) is 4.79 Å². The lowest BCUT2D eigenvalue weighted by Gasteiger charge is -2.36. The van der Waals surface area contributed by atoms with E-state index in [4.69, 9.17) is 33.4 Å². The fourth-order valence-corrected chi connectivity index (χ4v) is 3.91. The maximum atomic E-state index is 13.4. The van der Waals surface area contributed by atoms with Crippen molar-refractivity contribution in [2.45, 2.75) is 38.8 Å². The molecule has 2 aromatic heterocycles. The molecule has 0 aliphatic carbocycles. The molecule has 0 spiro atoms. The van der Waals surface area contributed by atoms with Gasteiger partial charge in [-0.15, -0.1) is 0 Å². The lowest BCUT2D eigenvalue weighted by molar-refractivity contribution is 0.0213. The average Bonchev–Trinajstić information content (AvgIpc) is 3.30. The summed E-state index contributed by atoms with van der Waals surface area (Å²) in [4.78, 5) is 17.9. The molecule has 2 aromatic carbocycles. The lowest BCUT2D eigenvalue weighted by Crippen LogP contribution is -2.41. The molecule has 1 aliphatic rings. The van der Waals surface area contributed by atoms with E-state index in [0.29, 0.717) is 21.7 Å². The number of fused-ring (bicyclic) bond motifs is 2. The Bertz CT molecular complexity index is 1620. The first-order valence-corrected chi connectivity index (χ1v) is 11.3. The number of nitrogens with zero attached hydrogens (tertiary/aromatic N) is 4. The van der Waals surface area contributed by atoms with E-state index in [9.17, 15) is 6.17 Å². The fourth-order valence-electron chi connectivity index (χ4n) is 3.61. The van der Waals surface area contributed by atoms with Crippen molar-refractivity contribution in [2.75, 3.05) is 6.50 Å². The van der Waals surface area contributed by atoms with E-state index < -0.39 is 30.6 Å². The van der Waals surface area contributed by atoms with Crippen LogP contribution in [0.15, 0.2) is 61.1 Å². The summed E-state index contributed by atoms with van der Waals surface area (Å²) < 4.78 is 52.8. The van der Waals surface area contributed by atoms with Crippen LogP contribution in [-0.4, -0.2) is 37.7 Å². The SMILES string of the molecule is [2H]C1([2H])c2cc(-c3ccc4ncnn4c3)ccc2C([2H])(c2ccc(Cl)c(Cl)c2)C([2H])([2H])N1C(=O)OC(C)(C)C. The Morgan fingerprint density at radius 3 is 2.68 bits per heavy atom. The minimum Gasteiger partial charge on any atom is -0.444 e. The summed E-state index contributed by atoms with van der Waals surface area (Å²) in [5.74, 6) is -2.31. The average molecular weight is 500 g/mol.